The zero-order valence-electron chi connectivity index (χ0n) is 14.6. The van der Waals surface area contributed by atoms with Gasteiger partial charge in [0.05, 0.1) is 5.69 Å². The van der Waals surface area contributed by atoms with Crippen LogP contribution in [0.15, 0.2) is 46.7 Å². The molecular weight excluding hydrogens is 332 g/mol. The molecule has 6 heteroatoms. The van der Waals surface area contributed by atoms with Gasteiger partial charge in [-0.2, -0.15) is 0 Å². The molecule has 2 aromatic heterocycles. The van der Waals surface area contributed by atoms with Gasteiger partial charge in [0.1, 0.15) is 0 Å². The van der Waals surface area contributed by atoms with Crippen LogP contribution in [0.25, 0.3) is 4.96 Å². The van der Waals surface area contributed by atoms with E-state index in [1.807, 2.05) is 5.38 Å². The van der Waals surface area contributed by atoms with Crippen LogP contribution in [0.1, 0.15) is 18.2 Å². The molecule has 3 aromatic rings. The molecule has 1 fully saturated rings. The monoisotopic (exact) mass is 354 g/mol. The predicted molar refractivity (Wildman–Crippen MR) is 103 cm³/mol. The number of aryl methyl sites for hydroxylation is 1. The maximum absolute atomic E-state index is 12.1. The Kier molecular flexibility index (Phi) is 4.31. The SMILES string of the molecule is Cc1ccc(N2CCN(Cc3cc(=O)n4ccsc4n3)C[C@@H]2C)cc1. The van der Waals surface area contributed by atoms with Gasteiger partial charge in [-0.15, -0.1) is 11.3 Å². The van der Waals surface area contributed by atoms with Gasteiger partial charge < -0.3 is 4.90 Å². The number of thiazole rings is 1. The number of rotatable bonds is 3. The van der Waals surface area contributed by atoms with Crippen LogP contribution < -0.4 is 10.5 Å². The summed E-state index contributed by atoms with van der Waals surface area (Å²) in [4.78, 5) is 22.4. The van der Waals surface area contributed by atoms with Gasteiger partial charge in [-0.1, -0.05) is 17.7 Å². The summed E-state index contributed by atoms with van der Waals surface area (Å²) in [6, 6.07) is 10.8. The minimum atomic E-state index is 0.00703. The van der Waals surface area contributed by atoms with Gasteiger partial charge in [-0.3, -0.25) is 14.1 Å². The van der Waals surface area contributed by atoms with Gasteiger partial charge in [0.15, 0.2) is 4.96 Å². The molecule has 1 aliphatic rings. The largest absolute Gasteiger partial charge is 0.366 e. The van der Waals surface area contributed by atoms with E-state index in [1.54, 1.807) is 16.7 Å². The molecule has 4 rings (SSSR count). The molecule has 0 N–H and O–H groups in total. The standard InChI is InChI=1S/C19H22N4OS/c1-14-3-5-17(6-4-14)22-8-7-21(12-15(22)2)13-16-11-18(24)23-9-10-25-19(23)20-16/h3-6,9-11,15H,7-8,12-13H2,1-2H3/t15-/m0/s1. The van der Waals surface area contributed by atoms with E-state index in [2.05, 4.69) is 52.9 Å². The molecule has 1 atom stereocenters. The fraction of sp³-hybridized carbons (Fsp3) is 0.368. The molecular formula is C19H22N4OS. The number of benzene rings is 1. The average molecular weight is 354 g/mol. The van der Waals surface area contributed by atoms with Gasteiger partial charge in [-0.25, -0.2) is 4.98 Å². The van der Waals surface area contributed by atoms with Crippen molar-refractivity contribution in [2.75, 3.05) is 24.5 Å². The molecule has 5 nitrogen and oxygen atoms in total. The number of hydrogen-bond acceptors (Lipinski definition) is 5. The van der Waals surface area contributed by atoms with E-state index in [0.29, 0.717) is 6.04 Å². The highest BCUT2D eigenvalue weighted by Crippen LogP contribution is 2.21. The van der Waals surface area contributed by atoms with Gasteiger partial charge in [0, 0.05) is 55.6 Å². The van der Waals surface area contributed by atoms with Gasteiger partial charge in [0.2, 0.25) is 0 Å². The van der Waals surface area contributed by atoms with Crippen molar-refractivity contribution in [2.45, 2.75) is 26.4 Å². The number of nitrogens with zero attached hydrogens (tertiary/aromatic N) is 4. The first-order valence-corrected chi connectivity index (χ1v) is 9.49. The summed E-state index contributed by atoms with van der Waals surface area (Å²) in [5.41, 5.74) is 3.45. The van der Waals surface area contributed by atoms with Gasteiger partial charge in [0.25, 0.3) is 5.56 Å². The van der Waals surface area contributed by atoms with Crippen molar-refractivity contribution in [3.63, 3.8) is 0 Å². The predicted octanol–water partition coefficient (Wildman–Crippen LogP) is 2.78. The van der Waals surface area contributed by atoms with Gasteiger partial charge in [-0.05, 0) is 26.0 Å². The van der Waals surface area contributed by atoms with Crippen molar-refractivity contribution in [3.8, 4) is 0 Å². The normalized spacial score (nSPS) is 18.8. The first-order chi connectivity index (χ1) is 12.1. The minimum Gasteiger partial charge on any atom is -0.366 e. The molecule has 0 radical (unpaired) electrons. The highest BCUT2D eigenvalue weighted by atomic mass is 32.1. The molecule has 0 aliphatic carbocycles. The highest BCUT2D eigenvalue weighted by Gasteiger charge is 2.24. The summed E-state index contributed by atoms with van der Waals surface area (Å²) in [7, 11) is 0. The lowest BCUT2D eigenvalue weighted by atomic mass is 10.1. The molecule has 130 valence electrons. The highest BCUT2D eigenvalue weighted by molar-refractivity contribution is 7.15. The molecule has 0 saturated carbocycles. The Bertz CT molecular complexity index is 930. The topological polar surface area (TPSA) is 40.9 Å². The minimum absolute atomic E-state index is 0.00703. The Hall–Kier alpha value is -2.18. The molecule has 0 amide bonds. The van der Waals surface area contributed by atoms with Gasteiger partial charge >= 0.3 is 0 Å². The lowest BCUT2D eigenvalue weighted by Crippen LogP contribution is -2.51. The number of fused-ring (bicyclic) bond motifs is 1. The third-order valence-corrected chi connectivity index (χ3v) is 5.58. The second-order valence-corrected chi connectivity index (χ2v) is 7.63. The Morgan fingerprint density at radius 2 is 2.04 bits per heavy atom. The molecule has 25 heavy (non-hydrogen) atoms. The van der Waals surface area contributed by atoms with Crippen LogP contribution in [0.3, 0.4) is 0 Å². The van der Waals surface area contributed by atoms with E-state index >= 15 is 0 Å². The molecule has 1 saturated heterocycles. The molecule has 0 unspecified atom stereocenters. The first kappa shape index (κ1) is 16.3. The maximum atomic E-state index is 12.1. The van der Waals surface area contributed by atoms with Crippen molar-refractivity contribution >= 4 is 22.0 Å². The Morgan fingerprint density at radius 1 is 1.24 bits per heavy atom. The number of anilines is 1. The van der Waals surface area contributed by atoms with Crippen molar-refractivity contribution in [1.29, 1.82) is 0 Å². The Labute approximate surface area is 151 Å². The van der Waals surface area contributed by atoms with E-state index in [0.717, 1.165) is 36.8 Å². The molecule has 3 heterocycles. The van der Waals surface area contributed by atoms with Crippen molar-refractivity contribution in [1.82, 2.24) is 14.3 Å². The first-order valence-electron chi connectivity index (χ1n) is 8.61. The second kappa shape index (κ2) is 6.61. The summed E-state index contributed by atoms with van der Waals surface area (Å²) in [5, 5.41) is 1.90. The van der Waals surface area contributed by atoms with E-state index in [-0.39, 0.29) is 5.56 Å². The number of piperazine rings is 1. The van der Waals surface area contributed by atoms with E-state index < -0.39 is 0 Å². The third-order valence-electron chi connectivity index (χ3n) is 4.82. The van der Waals surface area contributed by atoms with E-state index in [1.165, 1.54) is 22.6 Å². The maximum Gasteiger partial charge on any atom is 0.258 e. The lowest BCUT2D eigenvalue weighted by Gasteiger charge is -2.41. The van der Waals surface area contributed by atoms with E-state index in [4.69, 9.17) is 0 Å². The summed E-state index contributed by atoms with van der Waals surface area (Å²) in [5.74, 6) is 0. The summed E-state index contributed by atoms with van der Waals surface area (Å²) in [6.07, 6.45) is 1.78. The van der Waals surface area contributed by atoms with Crippen LogP contribution >= 0.6 is 11.3 Å². The van der Waals surface area contributed by atoms with E-state index in [9.17, 15) is 4.79 Å². The smallest absolute Gasteiger partial charge is 0.258 e. The number of aromatic nitrogens is 2. The molecule has 1 aromatic carbocycles. The summed E-state index contributed by atoms with van der Waals surface area (Å²) >= 11 is 1.50. The quantitative estimate of drug-likeness (QED) is 0.725. The van der Waals surface area contributed by atoms with Crippen LogP contribution in [-0.2, 0) is 6.54 Å². The van der Waals surface area contributed by atoms with Crippen LogP contribution in [-0.4, -0.2) is 40.0 Å². The van der Waals surface area contributed by atoms with Crippen LogP contribution in [0, 0.1) is 6.92 Å². The van der Waals surface area contributed by atoms with Crippen LogP contribution in [0.5, 0.6) is 0 Å². The summed E-state index contributed by atoms with van der Waals surface area (Å²) < 4.78 is 1.60. The van der Waals surface area contributed by atoms with Crippen molar-refractivity contribution in [3.05, 3.63) is 63.5 Å². The second-order valence-electron chi connectivity index (χ2n) is 6.75. The van der Waals surface area contributed by atoms with Crippen LogP contribution in [0.2, 0.25) is 0 Å². The zero-order valence-corrected chi connectivity index (χ0v) is 15.4. The summed E-state index contributed by atoms with van der Waals surface area (Å²) in [6.45, 7) is 8.05. The third kappa shape index (κ3) is 3.32. The van der Waals surface area contributed by atoms with Crippen molar-refractivity contribution in [2.24, 2.45) is 0 Å². The average Bonchev–Trinajstić information content (AvgIpc) is 3.05. The molecule has 1 aliphatic heterocycles. The van der Waals surface area contributed by atoms with Crippen molar-refractivity contribution < 1.29 is 0 Å². The molecule has 0 spiro atoms. The fourth-order valence-corrected chi connectivity index (χ4v) is 4.23. The molecule has 0 bridgehead atoms. The Balaban J connectivity index is 1.46. The number of hydrogen-bond donors (Lipinski definition) is 0. The Morgan fingerprint density at radius 3 is 2.80 bits per heavy atom. The zero-order chi connectivity index (χ0) is 17.4. The van der Waals surface area contributed by atoms with Crippen LogP contribution in [0.4, 0.5) is 5.69 Å². The lowest BCUT2D eigenvalue weighted by molar-refractivity contribution is 0.218. The fourth-order valence-electron chi connectivity index (χ4n) is 3.49.